The molecule has 0 radical (unpaired) electrons. The summed E-state index contributed by atoms with van der Waals surface area (Å²) in [6, 6.07) is -1.25. The van der Waals surface area contributed by atoms with Crippen LogP contribution in [-0.4, -0.2) is 82.0 Å². The first-order valence-electron chi connectivity index (χ1n) is 8.58. The first-order valence-corrected chi connectivity index (χ1v) is 8.58. The van der Waals surface area contributed by atoms with E-state index in [1.165, 1.54) is 9.80 Å². The molecule has 2 rings (SSSR count). The Morgan fingerprint density at radius 2 is 1.92 bits per heavy atom. The van der Waals surface area contributed by atoms with Crippen LogP contribution in [0.3, 0.4) is 0 Å². The quantitative estimate of drug-likeness (QED) is 0.554. The van der Waals surface area contributed by atoms with Crippen molar-refractivity contribution in [1.82, 2.24) is 15.1 Å². The van der Waals surface area contributed by atoms with Crippen LogP contribution in [0.25, 0.3) is 0 Å². The zero-order valence-corrected chi connectivity index (χ0v) is 14.3. The van der Waals surface area contributed by atoms with Crippen molar-refractivity contribution < 1.29 is 29.4 Å². The Balaban J connectivity index is 2.03. The Hall–Kier alpha value is -2.16. The summed E-state index contributed by atoms with van der Waals surface area (Å²) in [7, 11) is 0. The fraction of sp³-hybridized carbons (Fsp3) is 0.750. The Labute approximate surface area is 146 Å². The molecule has 2 aliphatic heterocycles. The average molecular weight is 355 g/mol. The molecule has 2 saturated heterocycles. The molecular formula is C16H25N3O6. The number of carboxylic acid groups (broad SMARTS) is 2. The van der Waals surface area contributed by atoms with Crippen molar-refractivity contribution in [2.24, 2.45) is 5.92 Å². The summed E-state index contributed by atoms with van der Waals surface area (Å²) in [5.41, 5.74) is 0. The number of hydrogen-bond acceptors (Lipinski definition) is 5. The highest BCUT2D eigenvalue weighted by atomic mass is 16.4. The van der Waals surface area contributed by atoms with Gasteiger partial charge in [-0.3, -0.25) is 14.4 Å². The van der Waals surface area contributed by atoms with Gasteiger partial charge in [0.1, 0.15) is 12.6 Å². The molecule has 2 heterocycles. The second-order valence-corrected chi connectivity index (χ2v) is 6.69. The summed E-state index contributed by atoms with van der Waals surface area (Å²) in [4.78, 5) is 49.9. The normalized spacial score (nSPS) is 24.1. The summed E-state index contributed by atoms with van der Waals surface area (Å²) in [5.74, 6) is -3.52. The van der Waals surface area contributed by atoms with Crippen LogP contribution in [0.15, 0.2) is 0 Å². The summed E-state index contributed by atoms with van der Waals surface area (Å²) >= 11 is 0. The van der Waals surface area contributed by atoms with E-state index in [0.29, 0.717) is 32.4 Å². The SMILES string of the molecule is CC(CN(CC(=O)O)C(=O)[C@@H]1CCCN1)C(=O)N1CCC[C@H]1C(=O)O. The lowest BCUT2D eigenvalue weighted by Crippen LogP contribution is -2.50. The molecule has 25 heavy (non-hydrogen) atoms. The maximum atomic E-state index is 12.6. The molecule has 0 aromatic rings. The van der Waals surface area contributed by atoms with E-state index in [0.717, 1.165) is 6.42 Å². The summed E-state index contributed by atoms with van der Waals surface area (Å²) < 4.78 is 0. The molecule has 2 fully saturated rings. The minimum atomic E-state index is -1.14. The Bertz CT molecular complexity index is 546. The van der Waals surface area contributed by atoms with Crippen molar-refractivity contribution in [3.05, 3.63) is 0 Å². The van der Waals surface area contributed by atoms with E-state index in [-0.39, 0.29) is 18.4 Å². The molecular weight excluding hydrogens is 330 g/mol. The van der Waals surface area contributed by atoms with Gasteiger partial charge in [-0.2, -0.15) is 0 Å². The average Bonchev–Trinajstić information content (AvgIpc) is 3.23. The lowest BCUT2D eigenvalue weighted by molar-refractivity contribution is -0.151. The van der Waals surface area contributed by atoms with E-state index in [4.69, 9.17) is 5.11 Å². The lowest BCUT2D eigenvalue weighted by Gasteiger charge is -2.30. The highest BCUT2D eigenvalue weighted by Crippen LogP contribution is 2.21. The van der Waals surface area contributed by atoms with Gasteiger partial charge in [0.25, 0.3) is 0 Å². The Morgan fingerprint density at radius 3 is 2.48 bits per heavy atom. The molecule has 140 valence electrons. The van der Waals surface area contributed by atoms with E-state index >= 15 is 0 Å². The van der Waals surface area contributed by atoms with Gasteiger partial charge in [0.15, 0.2) is 0 Å². The second-order valence-electron chi connectivity index (χ2n) is 6.69. The summed E-state index contributed by atoms with van der Waals surface area (Å²) in [6.45, 7) is 2.17. The minimum absolute atomic E-state index is 0.0367. The Kier molecular flexibility index (Phi) is 6.35. The number of likely N-dealkylation sites (tertiary alicyclic amines) is 1. The van der Waals surface area contributed by atoms with Gasteiger partial charge in [-0.1, -0.05) is 6.92 Å². The van der Waals surface area contributed by atoms with Gasteiger partial charge in [0.05, 0.1) is 12.0 Å². The van der Waals surface area contributed by atoms with Crippen molar-refractivity contribution in [3.8, 4) is 0 Å². The third kappa shape index (κ3) is 4.68. The predicted octanol–water partition coefficient (Wildman–Crippen LogP) is -0.637. The fourth-order valence-corrected chi connectivity index (χ4v) is 3.49. The van der Waals surface area contributed by atoms with Crippen LogP contribution in [0.4, 0.5) is 0 Å². The first kappa shape index (κ1) is 19.2. The van der Waals surface area contributed by atoms with Crippen LogP contribution in [-0.2, 0) is 19.2 Å². The van der Waals surface area contributed by atoms with Crippen molar-refractivity contribution in [2.45, 2.75) is 44.7 Å². The second kappa shape index (κ2) is 8.28. The van der Waals surface area contributed by atoms with E-state index in [2.05, 4.69) is 5.32 Å². The first-order chi connectivity index (χ1) is 11.8. The number of amides is 2. The van der Waals surface area contributed by atoms with Gasteiger partial charge in [0.2, 0.25) is 11.8 Å². The van der Waals surface area contributed by atoms with E-state index in [9.17, 15) is 24.3 Å². The molecule has 1 unspecified atom stereocenters. The van der Waals surface area contributed by atoms with Gasteiger partial charge in [-0.05, 0) is 32.2 Å². The standard InChI is InChI=1S/C16H25N3O6/c1-10(14(22)19-7-3-5-12(19)16(24)25)8-18(9-13(20)21)15(23)11-4-2-6-17-11/h10-12,17H,2-9H2,1H3,(H,20,21)(H,24,25)/t10?,11-,12-/m0/s1. The molecule has 0 saturated carbocycles. The molecule has 9 nitrogen and oxygen atoms in total. The fourth-order valence-electron chi connectivity index (χ4n) is 3.49. The maximum Gasteiger partial charge on any atom is 0.326 e. The van der Waals surface area contributed by atoms with Crippen LogP contribution in [0, 0.1) is 5.92 Å². The number of carbonyl (C=O) groups excluding carboxylic acids is 2. The van der Waals surface area contributed by atoms with Gasteiger partial charge >= 0.3 is 11.9 Å². The van der Waals surface area contributed by atoms with E-state index < -0.39 is 36.5 Å². The van der Waals surface area contributed by atoms with Crippen molar-refractivity contribution in [3.63, 3.8) is 0 Å². The Morgan fingerprint density at radius 1 is 1.20 bits per heavy atom. The number of nitrogens with zero attached hydrogens (tertiary/aromatic N) is 2. The topological polar surface area (TPSA) is 127 Å². The predicted molar refractivity (Wildman–Crippen MR) is 86.8 cm³/mol. The van der Waals surface area contributed by atoms with Crippen LogP contribution in [0.1, 0.15) is 32.6 Å². The van der Waals surface area contributed by atoms with Crippen molar-refractivity contribution in [1.29, 1.82) is 0 Å². The highest BCUT2D eigenvalue weighted by Gasteiger charge is 2.37. The van der Waals surface area contributed by atoms with Crippen molar-refractivity contribution in [2.75, 3.05) is 26.2 Å². The number of hydrogen-bond donors (Lipinski definition) is 3. The number of carbonyl (C=O) groups is 4. The van der Waals surface area contributed by atoms with Gasteiger partial charge in [-0.25, -0.2) is 4.79 Å². The van der Waals surface area contributed by atoms with Gasteiger partial charge < -0.3 is 25.3 Å². The lowest BCUT2D eigenvalue weighted by atomic mass is 10.1. The number of rotatable bonds is 7. The zero-order chi connectivity index (χ0) is 18.6. The van der Waals surface area contributed by atoms with Crippen LogP contribution >= 0.6 is 0 Å². The third-order valence-corrected chi connectivity index (χ3v) is 4.73. The van der Waals surface area contributed by atoms with Gasteiger partial charge in [-0.15, -0.1) is 0 Å². The number of nitrogens with one attached hydrogen (secondary N) is 1. The number of aliphatic carboxylic acids is 2. The highest BCUT2D eigenvalue weighted by molar-refractivity contribution is 5.88. The third-order valence-electron chi connectivity index (χ3n) is 4.73. The largest absolute Gasteiger partial charge is 0.480 e. The molecule has 3 N–H and O–H groups in total. The molecule has 0 aromatic carbocycles. The minimum Gasteiger partial charge on any atom is -0.480 e. The monoisotopic (exact) mass is 355 g/mol. The maximum absolute atomic E-state index is 12.6. The molecule has 9 heteroatoms. The number of carboxylic acids is 2. The van der Waals surface area contributed by atoms with Crippen LogP contribution in [0.5, 0.6) is 0 Å². The molecule has 3 atom stereocenters. The smallest absolute Gasteiger partial charge is 0.326 e. The van der Waals surface area contributed by atoms with Gasteiger partial charge in [0, 0.05) is 13.1 Å². The summed E-state index contributed by atoms with van der Waals surface area (Å²) in [6.07, 6.45) is 2.53. The van der Waals surface area contributed by atoms with E-state index in [1.807, 2.05) is 0 Å². The van der Waals surface area contributed by atoms with Crippen molar-refractivity contribution >= 4 is 23.8 Å². The van der Waals surface area contributed by atoms with Crippen LogP contribution < -0.4 is 5.32 Å². The molecule has 0 bridgehead atoms. The molecule has 0 spiro atoms. The zero-order valence-electron chi connectivity index (χ0n) is 14.3. The molecule has 2 aliphatic rings. The van der Waals surface area contributed by atoms with Crippen LogP contribution in [0.2, 0.25) is 0 Å². The molecule has 0 aromatic heterocycles. The summed E-state index contributed by atoms with van der Waals surface area (Å²) in [5, 5.41) is 21.3. The van der Waals surface area contributed by atoms with E-state index in [1.54, 1.807) is 6.92 Å². The molecule has 2 amide bonds. The molecule has 0 aliphatic carbocycles.